The number of rotatable bonds is 6. The maximum atomic E-state index is 12.0. The monoisotopic (exact) mass is 367 g/mol. The fourth-order valence-electron chi connectivity index (χ4n) is 2.65. The zero-order chi connectivity index (χ0) is 19.1. The highest BCUT2D eigenvalue weighted by molar-refractivity contribution is 5.95. The topological polar surface area (TPSA) is 73.9 Å². The summed E-state index contributed by atoms with van der Waals surface area (Å²) in [6.07, 6.45) is 3.68. The molecule has 1 N–H and O–H groups in total. The van der Waals surface area contributed by atoms with Crippen molar-refractivity contribution in [3.05, 3.63) is 59.7 Å². The van der Waals surface area contributed by atoms with E-state index in [0.717, 1.165) is 23.2 Å². The fourth-order valence-corrected chi connectivity index (χ4v) is 2.65. The third-order valence-corrected chi connectivity index (χ3v) is 4.00. The van der Waals surface area contributed by atoms with Crippen molar-refractivity contribution in [1.29, 1.82) is 0 Å². The number of carbonyl (C=O) groups excluding carboxylic acids is 2. The predicted molar refractivity (Wildman–Crippen MR) is 102 cm³/mol. The zero-order valence-electron chi connectivity index (χ0n) is 15.1. The molecule has 1 amide bonds. The lowest BCUT2D eigenvalue weighted by Crippen LogP contribution is -2.20. The van der Waals surface area contributed by atoms with Gasteiger partial charge in [0.25, 0.3) is 5.91 Å². The molecular formula is C21H21NO5. The molecule has 2 aromatic rings. The van der Waals surface area contributed by atoms with E-state index in [9.17, 15) is 9.59 Å². The first-order chi connectivity index (χ1) is 13.2. The molecule has 0 aromatic heterocycles. The van der Waals surface area contributed by atoms with Gasteiger partial charge < -0.3 is 19.5 Å². The Hall–Kier alpha value is -3.28. The molecule has 0 aliphatic carbocycles. The smallest absolute Gasteiger partial charge is 0.331 e. The number of fused-ring (bicyclic) bond motifs is 1. The summed E-state index contributed by atoms with van der Waals surface area (Å²) in [6, 6.07) is 12.9. The van der Waals surface area contributed by atoms with E-state index in [-0.39, 0.29) is 12.5 Å². The summed E-state index contributed by atoms with van der Waals surface area (Å²) in [5.41, 5.74) is 2.53. The van der Waals surface area contributed by atoms with Gasteiger partial charge in [-0.25, -0.2) is 4.79 Å². The summed E-state index contributed by atoms with van der Waals surface area (Å²) in [5.74, 6) is 0.358. The van der Waals surface area contributed by atoms with Crippen molar-refractivity contribution in [3.63, 3.8) is 0 Å². The van der Waals surface area contributed by atoms with Crippen LogP contribution >= 0.6 is 0 Å². The molecule has 6 nitrogen and oxygen atoms in total. The van der Waals surface area contributed by atoms with Gasteiger partial charge in [0.2, 0.25) is 0 Å². The van der Waals surface area contributed by atoms with Gasteiger partial charge in [0.15, 0.2) is 18.1 Å². The minimum Gasteiger partial charge on any atom is -0.486 e. The van der Waals surface area contributed by atoms with Crippen LogP contribution in [0.1, 0.15) is 18.1 Å². The Bertz CT molecular complexity index is 859. The molecule has 6 heteroatoms. The van der Waals surface area contributed by atoms with E-state index < -0.39 is 5.97 Å². The van der Waals surface area contributed by atoms with Crippen molar-refractivity contribution in [2.45, 2.75) is 13.3 Å². The van der Waals surface area contributed by atoms with Crippen LogP contribution in [0.5, 0.6) is 11.5 Å². The summed E-state index contributed by atoms with van der Waals surface area (Å²) >= 11 is 0. The van der Waals surface area contributed by atoms with Crippen LogP contribution in [-0.4, -0.2) is 31.7 Å². The van der Waals surface area contributed by atoms with Gasteiger partial charge in [0, 0.05) is 11.8 Å². The first-order valence-electron chi connectivity index (χ1n) is 8.78. The van der Waals surface area contributed by atoms with Crippen LogP contribution in [0.2, 0.25) is 0 Å². The average molecular weight is 367 g/mol. The Morgan fingerprint density at radius 2 is 1.89 bits per heavy atom. The molecule has 0 saturated carbocycles. The van der Waals surface area contributed by atoms with E-state index in [0.29, 0.717) is 24.7 Å². The molecule has 0 spiro atoms. The highest BCUT2D eigenvalue weighted by atomic mass is 16.6. The van der Waals surface area contributed by atoms with Crippen molar-refractivity contribution in [3.8, 4) is 11.5 Å². The van der Waals surface area contributed by atoms with E-state index >= 15 is 0 Å². The molecule has 140 valence electrons. The van der Waals surface area contributed by atoms with E-state index in [1.165, 1.54) is 6.08 Å². The quantitative estimate of drug-likeness (QED) is 0.627. The predicted octanol–water partition coefficient (Wildman–Crippen LogP) is 3.22. The van der Waals surface area contributed by atoms with E-state index in [4.69, 9.17) is 14.2 Å². The minimum atomic E-state index is -0.594. The first-order valence-corrected chi connectivity index (χ1v) is 8.78. The lowest BCUT2D eigenvalue weighted by atomic mass is 10.1. The number of esters is 1. The molecule has 2 aromatic carbocycles. The Balaban J connectivity index is 1.50. The normalized spacial score (nSPS) is 12.6. The van der Waals surface area contributed by atoms with Crippen molar-refractivity contribution >= 4 is 23.6 Å². The molecule has 0 fully saturated rings. The molecule has 27 heavy (non-hydrogen) atoms. The van der Waals surface area contributed by atoms with Gasteiger partial charge >= 0.3 is 5.97 Å². The number of amides is 1. The Morgan fingerprint density at radius 1 is 1.11 bits per heavy atom. The fraction of sp³-hybridized carbons (Fsp3) is 0.238. The molecule has 1 heterocycles. The summed E-state index contributed by atoms with van der Waals surface area (Å²) in [7, 11) is 0. The van der Waals surface area contributed by atoms with Crippen LogP contribution in [0, 0.1) is 0 Å². The van der Waals surface area contributed by atoms with E-state index in [1.54, 1.807) is 18.2 Å². The lowest BCUT2D eigenvalue weighted by Gasteiger charge is -2.18. The molecular weight excluding hydrogens is 346 g/mol. The molecule has 1 aliphatic heterocycles. The number of benzene rings is 2. The van der Waals surface area contributed by atoms with Crippen LogP contribution in [-0.2, 0) is 20.7 Å². The Kier molecular flexibility index (Phi) is 6.10. The van der Waals surface area contributed by atoms with Crippen LogP contribution in [0.25, 0.3) is 6.08 Å². The number of hydrogen-bond donors (Lipinski definition) is 1. The molecule has 0 bridgehead atoms. The highest BCUT2D eigenvalue weighted by Gasteiger charge is 2.11. The maximum absolute atomic E-state index is 12.0. The van der Waals surface area contributed by atoms with Gasteiger partial charge in [0.05, 0.1) is 0 Å². The summed E-state index contributed by atoms with van der Waals surface area (Å²) in [4.78, 5) is 23.8. The van der Waals surface area contributed by atoms with Crippen LogP contribution < -0.4 is 14.8 Å². The van der Waals surface area contributed by atoms with Gasteiger partial charge in [-0.3, -0.25) is 4.79 Å². The molecule has 0 radical (unpaired) electrons. The number of hydrogen-bond acceptors (Lipinski definition) is 5. The van der Waals surface area contributed by atoms with Gasteiger partial charge in [0.1, 0.15) is 13.2 Å². The average Bonchev–Trinajstić information content (AvgIpc) is 2.71. The van der Waals surface area contributed by atoms with Crippen molar-refractivity contribution in [1.82, 2.24) is 0 Å². The van der Waals surface area contributed by atoms with Gasteiger partial charge in [-0.05, 0) is 41.8 Å². The standard InChI is InChI=1S/C21H21NO5/c1-2-16-5-3-4-6-17(16)22-20(23)14-27-21(24)10-8-15-7-9-18-19(13-15)26-12-11-25-18/h3-10,13H,2,11-12,14H2,1H3,(H,22,23)/b10-8+. The second kappa shape index (κ2) is 8.89. The molecule has 0 atom stereocenters. The SMILES string of the molecule is CCc1ccccc1NC(=O)COC(=O)/C=C/c1ccc2c(c1)OCCO2. The third kappa shape index (κ3) is 5.10. The van der Waals surface area contributed by atoms with Crippen molar-refractivity contribution in [2.75, 3.05) is 25.1 Å². The second-order valence-corrected chi connectivity index (χ2v) is 5.90. The van der Waals surface area contributed by atoms with Gasteiger partial charge in [-0.1, -0.05) is 31.2 Å². The first kappa shape index (κ1) is 18.5. The Morgan fingerprint density at radius 3 is 2.70 bits per heavy atom. The number of aryl methyl sites for hydroxylation is 1. The van der Waals surface area contributed by atoms with E-state index in [2.05, 4.69) is 5.32 Å². The number of anilines is 1. The van der Waals surface area contributed by atoms with Crippen LogP contribution in [0.4, 0.5) is 5.69 Å². The summed E-state index contributed by atoms with van der Waals surface area (Å²) < 4.78 is 15.9. The maximum Gasteiger partial charge on any atom is 0.331 e. The number of para-hydroxylation sites is 1. The largest absolute Gasteiger partial charge is 0.486 e. The second-order valence-electron chi connectivity index (χ2n) is 5.90. The highest BCUT2D eigenvalue weighted by Crippen LogP contribution is 2.31. The van der Waals surface area contributed by atoms with Gasteiger partial charge in [-0.15, -0.1) is 0 Å². The van der Waals surface area contributed by atoms with Crippen LogP contribution in [0.15, 0.2) is 48.5 Å². The molecule has 0 saturated heterocycles. The Labute approximate surface area is 157 Å². The summed E-state index contributed by atoms with van der Waals surface area (Å²) in [6.45, 7) is 2.69. The van der Waals surface area contributed by atoms with Crippen molar-refractivity contribution < 1.29 is 23.8 Å². The molecule has 0 unspecified atom stereocenters. The minimum absolute atomic E-state index is 0.345. The molecule has 1 aliphatic rings. The number of carbonyl (C=O) groups is 2. The van der Waals surface area contributed by atoms with Gasteiger partial charge in [-0.2, -0.15) is 0 Å². The molecule has 3 rings (SSSR count). The number of ether oxygens (including phenoxy) is 3. The zero-order valence-corrected chi connectivity index (χ0v) is 15.1. The van der Waals surface area contributed by atoms with Crippen LogP contribution in [0.3, 0.4) is 0 Å². The number of nitrogens with one attached hydrogen (secondary N) is 1. The van der Waals surface area contributed by atoms with Crippen molar-refractivity contribution in [2.24, 2.45) is 0 Å². The lowest BCUT2D eigenvalue weighted by molar-refractivity contribution is -0.142. The van der Waals surface area contributed by atoms with E-state index in [1.807, 2.05) is 37.3 Å². The summed E-state index contributed by atoms with van der Waals surface area (Å²) in [5, 5.41) is 2.75. The third-order valence-electron chi connectivity index (χ3n) is 4.00.